The van der Waals surface area contributed by atoms with Crippen molar-refractivity contribution in [3.05, 3.63) is 54.9 Å². The zero-order chi connectivity index (χ0) is 16.2. The first-order valence-electron chi connectivity index (χ1n) is 8.09. The molecule has 24 heavy (non-hydrogen) atoms. The molecular formula is C18H18N4O2. The zero-order valence-corrected chi connectivity index (χ0v) is 13.1. The first-order valence-corrected chi connectivity index (χ1v) is 8.09. The normalized spacial score (nSPS) is 20.0. The summed E-state index contributed by atoms with van der Waals surface area (Å²) in [5.41, 5.74) is 0.920. The number of nitrogens with one attached hydrogen (secondary N) is 1. The third-order valence-electron chi connectivity index (χ3n) is 4.12. The average molecular weight is 322 g/mol. The number of anilines is 1. The summed E-state index contributed by atoms with van der Waals surface area (Å²) in [4.78, 5) is 8.41. The van der Waals surface area contributed by atoms with E-state index in [4.69, 9.17) is 9.26 Å². The number of hydrogen-bond acceptors (Lipinski definition) is 6. The molecule has 6 heteroatoms. The van der Waals surface area contributed by atoms with Crippen LogP contribution in [0.25, 0.3) is 11.5 Å². The van der Waals surface area contributed by atoms with Crippen LogP contribution in [0.3, 0.4) is 0 Å². The molecule has 0 spiro atoms. The van der Waals surface area contributed by atoms with Crippen molar-refractivity contribution < 1.29 is 9.26 Å². The van der Waals surface area contributed by atoms with Crippen LogP contribution in [0.5, 0.6) is 5.75 Å². The van der Waals surface area contributed by atoms with Gasteiger partial charge >= 0.3 is 0 Å². The van der Waals surface area contributed by atoms with Gasteiger partial charge in [-0.15, -0.1) is 0 Å². The minimum Gasteiger partial charge on any atom is -0.490 e. The lowest BCUT2D eigenvalue weighted by Crippen LogP contribution is -2.19. The van der Waals surface area contributed by atoms with Crippen molar-refractivity contribution >= 4 is 5.95 Å². The molecule has 0 amide bonds. The Morgan fingerprint density at radius 3 is 2.71 bits per heavy atom. The van der Waals surface area contributed by atoms with E-state index in [1.54, 1.807) is 12.4 Å². The molecule has 2 aromatic heterocycles. The molecule has 122 valence electrons. The molecule has 4 rings (SSSR count). The SMILES string of the molecule is c1ccc(-c2nc(NC3CCC(Oc4ccncc4)C3)no2)cc1. The van der Waals surface area contributed by atoms with Crippen LogP contribution in [0.1, 0.15) is 19.3 Å². The van der Waals surface area contributed by atoms with Crippen molar-refractivity contribution in [3.63, 3.8) is 0 Å². The molecule has 1 saturated carbocycles. The highest BCUT2D eigenvalue weighted by Gasteiger charge is 2.27. The van der Waals surface area contributed by atoms with Crippen LogP contribution in [-0.4, -0.2) is 27.3 Å². The summed E-state index contributed by atoms with van der Waals surface area (Å²) in [6.45, 7) is 0. The van der Waals surface area contributed by atoms with Gasteiger partial charge in [0.15, 0.2) is 0 Å². The third kappa shape index (κ3) is 3.37. The Labute approximate surface area is 139 Å². The van der Waals surface area contributed by atoms with Crippen LogP contribution in [0.15, 0.2) is 59.4 Å². The second kappa shape index (κ2) is 6.70. The quantitative estimate of drug-likeness (QED) is 0.774. The summed E-state index contributed by atoms with van der Waals surface area (Å²) in [7, 11) is 0. The molecule has 0 radical (unpaired) electrons. The number of rotatable bonds is 5. The highest BCUT2D eigenvalue weighted by molar-refractivity contribution is 5.53. The fourth-order valence-corrected chi connectivity index (χ4v) is 2.95. The molecule has 2 unspecified atom stereocenters. The Kier molecular flexibility index (Phi) is 4.10. The topological polar surface area (TPSA) is 73.1 Å². The van der Waals surface area contributed by atoms with Gasteiger partial charge in [0.1, 0.15) is 11.9 Å². The number of aromatic nitrogens is 3. The minimum absolute atomic E-state index is 0.199. The Morgan fingerprint density at radius 1 is 1.04 bits per heavy atom. The molecule has 1 aliphatic carbocycles. The maximum absolute atomic E-state index is 5.97. The number of hydrogen-bond donors (Lipinski definition) is 1. The van der Waals surface area contributed by atoms with Crippen LogP contribution >= 0.6 is 0 Å². The molecule has 2 heterocycles. The predicted octanol–water partition coefficient (Wildman–Crippen LogP) is 3.54. The molecule has 1 aliphatic rings. The van der Waals surface area contributed by atoms with E-state index < -0.39 is 0 Å². The summed E-state index contributed by atoms with van der Waals surface area (Å²) in [6.07, 6.45) is 6.62. The highest BCUT2D eigenvalue weighted by Crippen LogP contribution is 2.27. The molecular weight excluding hydrogens is 304 g/mol. The second-order valence-electron chi connectivity index (χ2n) is 5.87. The molecule has 2 atom stereocenters. The fourth-order valence-electron chi connectivity index (χ4n) is 2.95. The molecule has 0 aliphatic heterocycles. The van der Waals surface area contributed by atoms with Gasteiger partial charge in [0.25, 0.3) is 11.8 Å². The summed E-state index contributed by atoms with van der Waals surface area (Å²) in [5, 5.41) is 7.36. The number of ether oxygens (including phenoxy) is 1. The average Bonchev–Trinajstić information content (AvgIpc) is 3.27. The number of nitrogens with zero attached hydrogens (tertiary/aromatic N) is 3. The van der Waals surface area contributed by atoms with Gasteiger partial charge in [-0.25, -0.2) is 0 Å². The second-order valence-corrected chi connectivity index (χ2v) is 5.87. The van der Waals surface area contributed by atoms with E-state index in [1.807, 2.05) is 42.5 Å². The first kappa shape index (κ1) is 14.7. The van der Waals surface area contributed by atoms with Crippen LogP contribution in [0.2, 0.25) is 0 Å². The van der Waals surface area contributed by atoms with E-state index in [-0.39, 0.29) is 12.1 Å². The zero-order valence-electron chi connectivity index (χ0n) is 13.1. The number of pyridine rings is 1. The maximum Gasteiger partial charge on any atom is 0.263 e. The van der Waals surface area contributed by atoms with E-state index in [0.29, 0.717) is 11.8 Å². The Morgan fingerprint density at radius 2 is 1.88 bits per heavy atom. The summed E-state index contributed by atoms with van der Waals surface area (Å²) in [6, 6.07) is 13.8. The van der Waals surface area contributed by atoms with Gasteiger partial charge in [0, 0.05) is 30.4 Å². The fraction of sp³-hybridized carbons (Fsp3) is 0.278. The van der Waals surface area contributed by atoms with Crippen molar-refractivity contribution in [2.75, 3.05) is 5.32 Å². The monoisotopic (exact) mass is 322 g/mol. The van der Waals surface area contributed by atoms with Gasteiger partial charge < -0.3 is 14.6 Å². The maximum atomic E-state index is 5.97. The lowest BCUT2D eigenvalue weighted by molar-refractivity contribution is 0.208. The molecule has 1 aromatic carbocycles. The highest BCUT2D eigenvalue weighted by atomic mass is 16.5. The third-order valence-corrected chi connectivity index (χ3v) is 4.12. The minimum atomic E-state index is 0.199. The molecule has 6 nitrogen and oxygen atoms in total. The van der Waals surface area contributed by atoms with E-state index in [0.717, 1.165) is 30.6 Å². The standard InChI is InChI=1S/C18H18N4O2/c1-2-4-13(5-3-1)17-21-18(22-24-17)20-14-6-7-16(12-14)23-15-8-10-19-11-9-15/h1-5,8-11,14,16H,6-7,12H2,(H,20,22). The summed E-state index contributed by atoms with van der Waals surface area (Å²) < 4.78 is 11.3. The summed E-state index contributed by atoms with van der Waals surface area (Å²) >= 11 is 0. The van der Waals surface area contributed by atoms with Gasteiger partial charge in [0.2, 0.25) is 0 Å². The largest absolute Gasteiger partial charge is 0.490 e. The van der Waals surface area contributed by atoms with Crippen LogP contribution in [-0.2, 0) is 0 Å². The smallest absolute Gasteiger partial charge is 0.263 e. The van der Waals surface area contributed by atoms with Crippen LogP contribution in [0, 0.1) is 0 Å². The lowest BCUT2D eigenvalue weighted by Gasteiger charge is -2.14. The van der Waals surface area contributed by atoms with Crippen molar-refractivity contribution in [2.45, 2.75) is 31.4 Å². The van der Waals surface area contributed by atoms with E-state index in [2.05, 4.69) is 20.4 Å². The molecule has 0 saturated heterocycles. The van der Waals surface area contributed by atoms with Gasteiger partial charge in [-0.3, -0.25) is 4.98 Å². The van der Waals surface area contributed by atoms with E-state index in [9.17, 15) is 0 Å². The molecule has 1 N–H and O–H groups in total. The van der Waals surface area contributed by atoms with E-state index >= 15 is 0 Å². The van der Waals surface area contributed by atoms with Crippen molar-refractivity contribution in [1.82, 2.24) is 15.1 Å². The Balaban J connectivity index is 1.34. The van der Waals surface area contributed by atoms with E-state index in [1.165, 1.54) is 0 Å². The van der Waals surface area contributed by atoms with Gasteiger partial charge in [-0.05, 0) is 42.3 Å². The van der Waals surface area contributed by atoms with Crippen LogP contribution < -0.4 is 10.1 Å². The predicted molar refractivity (Wildman–Crippen MR) is 89.6 cm³/mol. The van der Waals surface area contributed by atoms with Gasteiger partial charge in [-0.1, -0.05) is 18.2 Å². The Hall–Kier alpha value is -2.89. The van der Waals surface area contributed by atoms with Gasteiger partial charge in [-0.2, -0.15) is 4.98 Å². The van der Waals surface area contributed by atoms with Crippen LogP contribution in [0.4, 0.5) is 5.95 Å². The number of benzene rings is 1. The molecule has 3 aromatic rings. The first-order chi connectivity index (χ1) is 11.9. The van der Waals surface area contributed by atoms with Crippen molar-refractivity contribution in [2.24, 2.45) is 0 Å². The molecule has 0 bridgehead atoms. The van der Waals surface area contributed by atoms with Crippen molar-refractivity contribution in [3.8, 4) is 17.2 Å². The lowest BCUT2D eigenvalue weighted by atomic mass is 10.2. The Bertz CT molecular complexity index is 776. The van der Waals surface area contributed by atoms with Gasteiger partial charge in [0.05, 0.1) is 0 Å². The molecule has 1 fully saturated rings. The van der Waals surface area contributed by atoms with Crippen molar-refractivity contribution in [1.29, 1.82) is 0 Å². The summed E-state index contributed by atoms with van der Waals surface area (Å²) in [5.74, 6) is 1.92.